The van der Waals surface area contributed by atoms with Gasteiger partial charge in [-0.1, -0.05) is 30.3 Å². The largest absolute Gasteiger partial charge is 0.206 e. The summed E-state index contributed by atoms with van der Waals surface area (Å²) < 4.78 is 26.1. The lowest BCUT2D eigenvalue weighted by Crippen LogP contribution is -1.84. The third-order valence-corrected chi connectivity index (χ3v) is 1.92. The van der Waals surface area contributed by atoms with Crippen molar-refractivity contribution in [3.05, 3.63) is 60.2 Å². The fourth-order valence-electron chi connectivity index (χ4n) is 1.28. The molecule has 14 heavy (non-hydrogen) atoms. The smallest absolute Gasteiger partial charge is 0.131 e. The Morgan fingerprint density at radius 1 is 0.857 bits per heavy atom. The van der Waals surface area contributed by atoms with Gasteiger partial charge in [0.15, 0.2) is 0 Å². The molecule has 0 aliphatic heterocycles. The zero-order valence-electron chi connectivity index (χ0n) is 7.30. The summed E-state index contributed by atoms with van der Waals surface area (Å²) in [6.45, 7) is 0. The van der Waals surface area contributed by atoms with Crippen molar-refractivity contribution in [3.8, 4) is 11.1 Å². The second kappa shape index (κ2) is 3.58. The molecule has 0 bridgehead atoms. The molecule has 0 nitrogen and oxygen atoms in total. The predicted octanol–water partition coefficient (Wildman–Crippen LogP) is 3.43. The molecule has 0 aliphatic rings. The van der Waals surface area contributed by atoms with Gasteiger partial charge in [-0.2, -0.15) is 0 Å². The van der Waals surface area contributed by atoms with E-state index < -0.39 is 5.82 Å². The van der Waals surface area contributed by atoms with Gasteiger partial charge in [0.25, 0.3) is 0 Å². The quantitative estimate of drug-likeness (QED) is 0.644. The van der Waals surface area contributed by atoms with E-state index in [-0.39, 0.29) is 5.82 Å². The highest BCUT2D eigenvalue weighted by Crippen LogP contribution is 2.22. The van der Waals surface area contributed by atoms with Crippen LogP contribution in [0.1, 0.15) is 0 Å². The van der Waals surface area contributed by atoms with Gasteiger partial charge in [-0.25, -0.2) is 8.78 Å². The molecule has 69 valence electrons. The van der Waals surface area contributed by atoms with Crippen molar-refractivity contribution in [1.29, 1.82) is 0 Å². The van der Waals surface area contributed by atoms with E-state index >= 15 is 0 Å². The van der Waals surface area contributed by atoms with Crippen molar-refractivity contribution in [2.75, 3.05) is 0 Å². The maximum absolute atomic E-state index is 13.3. The molecular formula is C12H7F2. The minimum atomic E-state index is -0.481. The first-order chi connectivity index (χ1) is 6.77. The van der Waals surface area contributed by atoms with E-state index in [9.17, 15) is 8.78 Å². The molecule has 2 aromatic carbocycles. The summed E-state index contributed by atoms with van der Waals surface area (Å²) in [5.41, 5.74) is 0.801. The molecule has 0 atom stereocenters. The third kappa shape index (κ3) is 1.64. The summed E-state index contributed by atoms with van der Waals surface area (Å²) in [5.74, 6) is -0.847. The number of halogens is 2. The Bertz CT molecular complexity index is 450. The summed E-state index contributed by atoms with van der Waals surface area (Å²) >= 11 is 0. The normalized spacial score (nSPS) is 10.1. The third-order valence-electron chi connectivity index (χ3n) is 1.92. The van der Waals surface area contributed by atoms with Crippen LogP contribution in [0, 0.1) is 17.7 Å². The van der Waals surface area contributed by atoms with Gasteiger partial charge in [-0.3, -0.25) is 0 Å². The molecule has 2 aromatic rings. The second-order valence-electron chi connectivity index (χ2n) is 2.89. The van der Waals surface area contributed by atoms with Gasteiger partial charge in [0.05, 0.1) is 0 Å². The van der Waals surface area contributed by atoms with Crippen LogP contribution >= 0.6 is 0 Å². The van der Waals surface area contributed by atoms with Gasteiger partial charge in [0.1, 0.15) is 11.6 Å². The minimum Gasteiger partial charge on any atom is -0.206 e. The van der Waals surface area contributed by atoms with Crippen LogP contribution < -0.4 is 0 Å². The van der Waals surface area contributed by atoms with Crippen molar-refractivity contribution in [3.63, 3.8) is 0 Å². The highest BCUT2D eigenvalue weighted by Gasteiger charge is 2.04. The van der Waals surface area contributed by atoms with Crippen molar-refractivity contribution < 1.29 is 8.78 Å². The molecule has 0 amide bonds. The number of rotatable bonds is 1. The van der Waals surface area contributed by atoms with Gasteiger partial charge in [-0.15, -0.1) is 0 Å². The Kier molecular flexibility index (Phi) is 2.27. The first-order valence-corrected chi connectivity index (χ1v) is 4.20. The van der Waals surface area contributed by atoms with Gasteiger partial charge < -0.3 is 0 Å². The molecule has 0 N–H and O–H groups in total. The summed E-state index contributed by atoms with van der Waals surface area (Å²) in [6, 6.07) is 13.1. The van der Waals surface area contributed by atoms with E-state index in [2.05, 4.69) is 6.07 Å². The van der Waals surface area contributed by atoms with Crippen molar-refractivity contribution in [1.82, 2.24) is 0 Å². The molecule has 0 aromatic heterocycles. The predicted molar refractivity (Wildman–Crippen MR) is 50.6 cm³/mol. The molecule has 0 saturated carbocycles. The van der Waals surface area contributed by atoms with Crippen LogP contribution in [0.3, 0.4) is 0 Å². The Morgan fingerprint density at radius 3 is 2.36 bits per heavy atom. The standard InChI is InChI=1S/C12H7F2/c13-10-5-3-4-9(8-10)11-6-1-2-7-12(11)14/h1-7H. The van der Waals surface area contributed by atoms with Crippen molar-refractivity contribution in [2.24, 2.45) is 0 Å². The number of benzene rings is 2. The van der Waals surface area contributed by atoms with Gasteiger partial charge in [0, 0.05) is 11.6 Å². The molecule has 2 rings (SSSR count). The van der Waals surface area contributed by atoms with Crippen LogP contribution in [-0.4, -0.2) is 0 Å². The van der Waals surface area contributed by atoms with E-state index in [1.165, 1.54) is 18.2 Å². The minimum absolute atomic E-state index is 0.366. The molecule has 0 heterocycles. The molecule has 0 saturated heterocycles. The average Bonchev–Trinajstić information content (AvgIpc) is 2.18. The van der Waals surface area contributed by atoms with Gasteiger partial charge >= 0.3 is 0 Å². The van der Waals surface area contributed by atoms with E-state index in [0.29, 0.717) is 11.1 Å². The van der Waals surface area contributed by atoms with E-state index in [4.69, 9.17) is 0 Å². The fourth-order valence-corrected chi connectivity index (χ4v) is 1.28. The Hall–Kier alpha value is -1.70. The van der Waals surface area contributed by atoms with E-state index in [0.717, 1.165) is 0 Å². The summed E-state index contributed by atoms with van der Waals surface area (Å²) in [7, 11) is 0. The molecule has 0 fully saturated rings. The fraction of sp³-hybridized carbons (Fsp3) is 0. The Balaban J connectivity index is 2.55. The number of hydrogen-bond donors (Lipinski definition) is 0. The van der Waals surface area contributed by atoms with E-state index in [1.54, 1.807) is 24.3 Å². The first-order valence-electron chi connectivity index (χ1n) is 4.20. The molecule has 0 aliphatic carbocycles. The average molecular weight is 189 g/mol. The lowest BCUT2D eigenvalue weighted by molar-refractivity contribution is 0.623. The molecule has 1 radical (unpaired) electrons. The van der Waals surface area contributed by atoms with Gasteiger partial charge in [-0.05, 0) is 17.7 Å². The molecule has 0 unspecified atom stereocenters. The maximum atomic E-state index is 13.3. The lowest BCUT2D eigenvalue weighted by atomic mass is 10.1. The summed E-state index contributed by atoms with van der Waals surface area (Å²) in [5, 5.41) is 0. The zero-order chi connectivity index (χ0) is 9.97. The number of hydrogen-bond acceptors (Lipinski definition) is 0. The summed E-state index contributed by atoms with van der Waals surface area (Å²) in [6.07, 6.45) is 0. The van der Waals surface area contributed by atoms with Crippen LogP contribution in [0.4, 0.5) is 8.78 Å². The zero-order valence-corrected chi connectivity index (χ0v) is 7.30. The topological polar surface area (TPSA) is 0 Å². The lowest BCUT2D eigenvalue weighted by Gasteiger charge is -2.01. The maximum Gasteiger partial charge on any atom is 0.131 e. The van der Waals surface area contributed by atoms with Crippen LogP contribution in [-0.2, 0) is 0 Å². The molecule has 0 spiro atoms. The monoisotopic (exact) mass is 189 g/mol. The highest BCUT2D eigenvalue weighted by atomic mass is 19.1. The van der Waals surface area contributed by atoms with Crippen LogP contribution in [0.5, 0.6) is 0 Å². The highest BCUT2D eigenvalue weighted by molar-refractivity contribution is 5.63. The SMILES string of the molecule is Fc1[c]c(-c2ccccc2F)ccc1. The van der Waals surface area contributed by atoms with Gasteiger partial charge in [0.2, 0.25) is 0 Å². The van der Waals surface area contributed by atoms with Crippen LogP contribution in [0.25, 0.3) is 11.1 Å². The summed E-state index contributed by atoms with van der Waals surface area (Å²) in [4.78, 5) is 0. The molecular weight excluding hydrogens is 182 g/mol. The Morgan fingerprint density at radius 2 is 1.64 bits per heavy atom. The molecule has 2 heteroatoms. The van der Waals surface area contributed by atoms with E-state index in [1.807, 2.05) is 0 Å². The van der Waals surface area contributed by atoms with Crippen LogP contribution in [0.2, 0.25) is 0 Å². The van der Waals surface area contributed by atoms with Crippen molar-refractivity contribution >= 4 is 0 Å². The van der Waals surface area contributed by atoms with Crippen molar-refractivity contribution in [2.45, 2.75) is 0 Å². The second-order valence-corrected chi connectivity index (χ2v) is 2.89. The van der Waals surface area contributed by atoms with Crippen LogP contribution in [0.15, 0.2) is 42.5 Å². The Labute approximate surface area is 80.8 Å². The first kappa shape index (κ1) is 8.88.